The van der Waals surface area contributed by atoms with Gasteiger partial charge < -0.3 is 19.3 Å². The van der Waals surface area contributed by atoms with E-state index in [0.29, 0.717) is 0 Å². The van der Waals surface area contributed by atoms with E-state index in [1.165, 1.54) is 5.32 Å². The zero-order chi connectivity index (χ0) is 23.5. The molecule has 0 aromatic carbocycles. The van der Waals surface area contributed by atoms with E-state index in [1.807, 2.05) is 0 Å². The quantitative estimate of drug-likeness (QED) is 0.172. The lowest BCUT2D eigenvalue weighted by Crippen LogP contribution is -2.61. The van der Waals surface area contributed by atoms with Crippen molar-refractivity contribution in [1.29, 1.82) is 0 Å². The molecule has 0 aliphatic heterocycles. The summed E-state index contributed by atoms with van der Waals surface area (Å²) in [5, 5.41) is -5.06. The van der Waals surface area contributed by atoms with E-state index in [9.17, 15) is 57.7 Å². The number of esters is 1. The number of carbonyl (C=O) groups is 2. The number of ether oxygens (including phenoxy) is 2. The van der Waals surface area contributed by atoms with Gasteiger partial charge in [0.05, 0.1) is 6.61 Å². The largest absolute Gasteiger partial charge is 0.743 e. The van der Waals surface area contributed by atoms with E-state index in [2.05, 4.69) is 22.6 Å². The molecule has 1 amide bonds. The Hall–Kier alpha value is -2.27. The highest BCUT2D eigenvalue weighted by molar-refractivity contribution is 7.86. The Labute approximate surface area is 156 Å². The molecular weight excluding hydrogens is 454 g/mol. The Morgan fingerprint density at radius 2 is 1.59 bits per heavy atom. The highest BCUT2D eigenvalue weighted by atomic mass is 32.2. The van der Waals surface area contributed by atoms with Crippen LogP contribution in [0.2, 0.25) is 0 Å². The predicted octanol–water partition coefficient (Wildman–Crippen LogP) is 1.71. The molecule has 0 aromatic heterocycles. The van der Waals surface area contributed by atoms with Crippen molar-refractivity contribution in [2.75, 3.05) is 6.61 Å². The second-order valence-electron chi connectivity index (χ2n) is 4.86. The maximum absolute atomic E-state index is 13.3. The summed E-state index contributed by atoms with van der Waals surface area (Å²) in [7, 11) is -6.96. The van der Waals surface area contributed by atoms with Crippen molar-refractivity contribution >= 4 is 22.0 Å². The highest BCUT2D eigenvalue weighted by Crippen LogP contribution is 2.42. The number of carbonyl (C=O) groups excluding carboxylic acids is 2. The van der Waals surface area contributed by atoms with E-state index in [4.69, 9.17) is 0 Å². The third-order valence-electron chi connectivity index (χ3n) is 2.82. The monoisotopic (exact) mass is 464 g/mol. The molecule has 8 nitrogen and oxygen atoms in total. The summed E-state index contributed by atoms with van der Waals surface area (Å²) in [5.41, 5.74) is 0. The molecule has 0 saturated heterocycles. The van der Waals surface area contributed by atoms with E-state index < -0.39 is 64.0 Å². The molecule has 0 aromatic rings. The molecule has 0 aliphatic carbocycles. The van der Waals surface area contributed by atoms with Gasteiger partial charge in [-0.1, -0.05) is 13.2 Å². The van der Waals surface area contributed by atoms with Gasteiger partial charge in [0.25, 0.3) is 0 Å². The topological polar surface area (TPSA) is 122 Å². The van der Waals surface area contributed by atoms with Crippen molar-refractivity contribution in [1.82, 2.24) is 5.32 Å². The SMILES string of the molecule is C=CNC(=O)C(OCCC(F)(F)C(F)(F)S(=O)(=O)[O-])(OC(=O)C(=C)F)C(F)(F)F. The minimum absolute atomic E-state index is 0.275. The second kappa shape index (κ2) is 8.62. The van der Waals surface area contributed by atoms with Gasteiger partial charge in [-0.2, -0.15) is 35.1 Å². The molecule has 1 N–H and O–H groups in total. The van der Waals surface area contributed by atoms with Crippen molar-refractivity contribution in [3.05, 3.63) is 25.2 Å². The summed E-state index contributed by atoms with van der Waals surface area (Å²) in [6.45, 7) is 2.82. The Morgan fingerprint density at radius 3 is 1.93 bits per heavy atom. The molecule has 1 unspecified atom stereocenters. The third kappa shape index (κ3) is 5.63. The second-order valence-corrected chi connectivity index (χ2v) is 6.28. The maximum Gasteiger partial charge on any atom is 0.466 e. The van der Waals surface area contributed by atoms with Crippen molar-refractivity contribution in [3.8, 4) is 0 Å². The molecule has 168 valence electrons. The molecule has 0 bridgehead atoms. The minimum Gasteiger partial charge on any atom is -0.743 e. The lowest BCUT2D eigenvalue weighted by molar-refractivity contribution is -0.349. The first-order valence-electron chi connectivity index (χ1n) is 6.68. The summed E-state index contributed by atoms with van der Waals surface area (Å²) in [6.07, 6.45) is -8.40. The number of rotatable bonds is 10. The molecule has 0 rings (SSSR count). The normalized spacial score (nSPS) is 15.2. The van der Waals surface area contributed by atoms with Gasteiger partial charge in [-0.15, -0.1) is 0 Å². The van der Waals surface area contributed by atoms with E-state index in [0.717, 1.165) is 0 Å². The van der Waals surface area contributed by atoms with Crippen LogP contribution in [-0.4, -0.2) is 54.6 Å². The Kier molecular flexibility index (Phi) is 7.94. The molecule has 0 spiro atoms. The third-order valence-corrected chi connectivity index (χ3v) is 3.75. The van der Waals surface area contributed by atoms with Crippen LogP contribution < -0.4 is 5.32 Å². The van der Waals surface area contributed by atoms with E-state index in [-0.39, 0.29) is 6.20 Å². The number of hydrogen-bond acceptors (Lipinski definition) is 7. The van der Waals surface area contributed by atoms with Crippen LogP contribution in [0.15, 0.2) is 25.2 Å². The van der Waals surface area contributed by atoms with Crippen LogP contribution >= 0.6 is 0 Å². The summed E-state index contributed by atoms with van der Waals surface area (Å²) < 4.78 is 143. The van der Waals surface area contributed by atoms with E-state index >= 15 is 0 Å². The Bertz CT molecular complexity index is 780. The van der Waals surface area contributed by atoms with Crippen LogP contribution in [0.3, 0.4) is 0 Å². The molecule has 29 heavy (non-hydrogen) atoms. The predicted molar refractivity (Wildman–Crippen MR) is 73.6 cm³/mol. The van der Waals surface area contributed by atoms with Crippen molar-refractivity contribution < 1.29 is 67.2 Å². The van der Waals surface area contributed by atoms with Gasteiger partial charge in [-0.05, 0) is 6.20 Å². The van der Waals surface area contributed by atoms with Gasteiger partial charge in [-0.3, -0.25) is 4.79 Å². The number of amides is 1. The average Bonchev–Trinajstić information content (AvgIpc) is 2.51. The number of nitrogens with one attached hydrogen (secondary N) is 1. The molecular formula is C12H10F8NO7S-. The smallest absolute Gasteiger partial charge is 0.466 e. The maximum atomic E-state index is 13.3. The summed E-state index contributed by atoms with van der Waals surface area (Å²) in [5.74, 6) is -17.8. The lowest BCUT2D eigenvalue weighted by Gasteiger charge is -2.33. The summed E-state index contributed by atoms with van der Waals surface area (Å²) in [6, 6.07) is 0. The first-order valence-corrected chi connectivity index (χ1v) is 8.09. The van der Waals surface area contributed by atoms with Crippen molar-refractivity contribution in [3.63, 3.8) is 0 Å². The highest BCUT2D eigenvalue weighted by Gasteiger charge is 2.67. The molecule has 1 atom stereocenters. The van der Waals surface area contributed by atoms with Crippen LogP contribution in [0, 0.1) is 0 Å². The molecule has 0 radical (unpaired) electrons. The number of hydrogen-bond donors (Lipinski definition) is 1. The summed E-state index contributed by atoms with van der Waals surface area (Å²) >= 11 is 0. The van der Waals surface area contributed by atoms with Crippen LogP contribution in [0.4, 0.5) is 35.1 Å². The Morgan fingerprint density at radius 1 is 1.10 bits per heavy atom. The molecule has 17 heteroatoms. The van der Waals surface area contributed by atoms with Crippen LogP contribution in [0.5, 0.6) is 0 Å². The van der Waals surface area contributed by atoms with Gasteiger partial charge in [0.2, 0.25) is 5.83 Å². The lowest BCUT2D eigenvalue weighted by atomic mass is 10.2. The van der Waals surface area contributed by atoms with Gasteiger partial charge in [0.15, 0.2) is 10.1 Å². The zero-order valence-electron chi connectivity index (χ0n) is 13.7. The number of alkyl halides is 7. The first kappa shape index (κ1) is 26.7. The van der Waals surface area contributed by atoms with Crippen molar-refractivity contribution in [2.45, 2.75) is 29.6 Å². The van der Waals surface area contributed by atoms with Gasteiger partial charge in [0.1, 0.15) is 0 Å². The van der Waals surface area contributed by atoms with Crippen molar-refractivity contribution in [2.24, 2.45) is 0 Å². The zero-order valence-corrected chi connectivity index (χ0v) is 14.5. The molecule has 0 fully saturated rings. The average molecular weight is 464 g/mol. The van der Waals surface area contributed by atoms with Crippen LogP contribution in [-0.2, 0) is 29.2 Å². The van der Waals surface area contributed by atoms with E-state index in [1.54, 1.807) is 0 Å². The molecule has 0 aliphatic rings. The fraction of sp³-hybridized carbons (Fsp3) is 0.500. The first-order chi connectivity index (χ1) is 12.8. The van der Waals surface area contributed by atoms with Gasteiger partial charge >= 0.3 is 35.0 Å². The number of halogens is 8. The standard InChI is InChI=1S/C12H11F8NO7S/c1-3-21-8(23)10(11(16,17)18,28-7(22)6(2)13)27-5-4-9(14,15)12(19,20)29(24,25)26/h3H,1-2,4-5H2,(H,21,23)(H,24,25,26)/p-1. The molecule has 0 saturated carbocycles. The summed E-state index contributed by atoms with van der Waals surface area (Å²) in [4.78, 5) is 22.7. The van der Waals surface area contributed by atoms with Crippen LogP contribution in [0.1, 0.15) is 6.42 Å². The fourth-order valence-electron chi connectivity index (χ4n) is 1.43. The fourth-order valence-corrected chi connectivity index (χ4v) is 1.90. The van der Waals surface area contributed by atoms with Gasteiger partial charge in [-0.25, -0.2) is 13.2 Å². The molecule has 0 heterocycles. The van der Waals surface area contributed by atoms with Gasteiger partial charge in [0, 0.05) is 6.42 Å². The minimum atomic E-state index is -6.96. The van der Waals surface area contributed by atoms with Crippen LogP contribution in [0.25, 0.3) is 0 Å². The Balaban J connectivity index is 5.96.